The number of carbonyl (C=O) groups excluding carboxylic acids is 1. The molecule has 156 valence electrons. The Kier molecular flexibility index (Phi) is 6.63. The fraction of sp³-hybridized carbons (Fsp3) is 0.435. The molecule has 1 saturated heterocycles. The number of hydrogen-bond acceptors (Lipinski definition) is 3. The molecule has 0 aliphatic carbocycles. The minimum atomic E-state index is -4.33. The van der Waals surface area contributed by atoms with E-state index in [9.17, 15) is 18.0 Å². The third kappa shape index (κ3) is 5.38. The summed E-state index contributed by atoms with van der Waals surface area (Å²) < 4.78 is 44.0. The molecule has 3 rings (SSSR count). The van der Waals surface area contributed by atoms with E-state index in [0.717, 1.165) is 49.1 Å². The molecule has 1 aliphatic rings. The van der Waals surface area contributed by atoms with E-state index >= 15 is 0 Å². The standard InChI is InChI=1S/C23H26F3NO2/c1-16(2)29-22(28)20-8-4-3-7-18(20)15-27-14-6-5-9-21(27)17-10-12-19(13-11-17)23(24,25)26/h3-4,7-8,10-13,16,21H,5-6,9,14-15H2,1-2H3. The molecule has 1 atom stereocenters. The van der Waals surface area contributed by atoms with Crippen LogP contribution in [0.4, 0.5) is 13.2 Å². The molecule has 1 heterocycles. The number of hydrogen-bond donors (Lipinski definition) is 0. The molecule has 0 amide bonds. The van der Waals surface area contributed by atoms with Gasteiger partial charge in [-0.2, -0.15) is 13.2 Å². The van der Waals surface area contributed by atoms with Gasteiger partial charge in [0.1, 0.15) is 0 Å². The van der Waals surface area contributed by atoms with Gasteiger partial charge < -0.3 is 4.74 Å². The molecule has 0 saturated carbocycles. The highest BCUT2D eigenvalue weighted by Gasteiger charge is 2.31. The lowest BCUT2D eigenvalue weighted by Gasteiger charge is -2.36. The normalized spacial score (nSPS) is 18.1. The quantitative estimate of drug-likeness (QED) is 0.572. The van der Waals surface area contributed by atoms with E-state index in [4.69, 9.17) is 4.74 Å². The summed E-state index contributed by atoms with van der Waals surface area (Å²) in [5, 5.41) is 0. The van der Waals surface area contributed by atoms with Gasteiger partial charge in [0.05, 0.1) is 17.2 Å². The minimum Gasteiger partial charge on any atom is -0.459 e. The third-order valence-corrected chi connectivity index (χ3v) is 5.19. The van der Waals surface area contributed by atoms with Crippen molar-refractivity contribution in [2.24, 2.45) is 0 Å². The Hall–Kier alpha value is -2.34. The molecular weight excluding hydrogens is 379 g/mol. The maximum Gasteiger partial charge on any atom is 0.416 e. The van der Waals surface area contributed by atoms with Crippen LogP contribution in [0.2, 0.25) is 0 Å². The van der Waals surface area contributed by atoms with Crippen LogP contribution in [0.3, 0.4) is 0 Å². The number of carbonyl (C=O) groups is 1. The second kappa shape index (κ2) is 8.99. The van der Waals surface area contributed by atoms with Crippen molar-refractivity contribution in [1.29, 1.82) is 0 Å². The highest BCUT2D eigenvalue weighted by atomic mass is 19.4. The van der Waals surface area contributed by atoms with E-state index in [1.807, 2.05) is 32.0 Å². The molecule has 2 aromatic carbocycles. The molecule has 3 nitrogen and oxygen atoms in total. The first-order valence-corrected chi connectivity index (χ1v) is 9.96. The van der Waals surface area contributed by atoms with Crippen molar-refractivity contribution < 1.29 is 22.7 Å². The van der Waals surface area contributed by atoms with Crippen molar-refractivity contribution in [3.05, 3.63) is 70.8 Å². The second-order valence-corrected chi connectivity index (χ2v) is 7.71. The smallest absolute Gasteiger partial charge is 0.416 e. The Balaban J connectivity index is 1.82. The van der Waals surface area contributed by atoms with Crippen LogP contribution in [0.1, 0.15) is 66.2 Å². The highest BCUT2D eigenvalue weighted by molar-refractivity contribution is 5.91. The molecule has 0 aromatic heterocycles. The van der Waals surface area contributed by atoms with E-state index in [1.165, 1.54) is 0 Å². The zero-order chi connectivity index (χ0) is 21.0. The minimum absolute atomic E-state index is 0.0280. The van der Waals surface area contributed by atoms with Gasteiger partial charge in [-0.25, -0.2) is 4.79 Å². The molecule has 0 radical (unpaired) electrons. The maximum absolute atomic E-state index is 12.9. The summed E-state index contributed by atoms with van der Waals surface area (Å²) in [6.45, 7) is 5.01. The first-order chi connectivity index (χ1) is 13.8. The zero-order valence-corrected chi connectivity index (χ0v) is 16.7. The van der Waals surface area contributed by atoms with Gasteiger partial charge in [-0.15, -0.1) is 0 Å². The summed E-state index contributed by atoms with van der Waals surface area (Å²) in [5.74, 6) is -0.348. The number of nitrogens with zero attached hydrogens (tertiary/aromatic N) is 1. The largest absolute Gasteiger partial charge is 0.459 e. The molecule has 0 N–H and O–H groups in total. The van der Waals surface area contributed by atoms with Gasteiger partial charge in [-0.3, -0.25) is 4.90 Å². The van der Waals surface area contributed by atoms with Crippen LogP contribution in [-0.2, 0) is 17.5 Å². The van der Waals surface area contributed by atoms with Gasteiger partial charge in [-0.1, -0.05) is 36.8 Å². The lowest BCUT2D eigenvalue weighted by molar-refractivity contribution is -0.137. The Bertz CT molecular complexity index is 831. The van der Waals surface area contributed by atoms with Crippen LogP contribution in [0.5, 0.6) is 0 Å². The van der Waals surface area contributed by atoms with Crippen LogP contribution < -0.4 is 0 Å². The van der Waals surface area contributed by atoms with E-state index < -0.39 is 11.7 Å². The van der Waals surface area contributed by atoms with Gasteiger partial charge in [-0.05, 0) is 62.6 Å². The monoisotopic (exact) mass is 405 g/mol. The van der Waals surface area contributed by atoms with E-state index in [2.05, 4.69) is 4.90 Å². The third-order valence-electron chi connectivity index (χ3n) is 5.19. The predicted molar refractivity (Wildman–Crippen MR) is 105 cm³/mol. The SMILES string of the molecule is CC(C)OC(=O)c1ccccc1CN1CCCCC1c1ccc(C(F)(F)F)cc1. The molecule has 1 unspecified atom stereocenters. The first-order valence-electron chi connectivity index (χ1n) is 9.96. The number of likely N-dealkylation sites (tertiary alicyclic amines) is 1. The number of halogens is 3. The summed E-state index contributed by atoms with van der Waals surface area (Å²) in [5.41, 5.74) is 1.65. The van der Waals surface area contributed by atoms with Gasteiger partial charge in [0, 0.05) is 12.6 Å². The Morgan fingerprint density at radius 2 is 1.79 bits per heavy atom. The molecule has 6 heteroatoms. The van der Waals surface area contributed by atoms with Crippen molar-refractivity contribution in [1.82, 2.24) is 4.90 Å². The zero-order valence-electron chi connectivity index (χ0n) is 16.7. The molecule has 1 aliphatic heterocycles. The molecule has 2 aromatic rings. The lowest BCUT2D eigenvalue weighted by atomic mass is 9.93. The highest BCUT2D eigenvalue weighted by Crippen LogP contribution is 2.35. The van der Waals surface area contributed by atoms with Crippen LogP contribution >= 0.6 is 0 Å². The Morgan fingerprint density at radius 3 is 2.45 bits per heavy atom. The lowest BCUT2D eigenvalue weighted by Crippen LogP contribution is -2.33. The summed E-state index contributed by atoms with van der Waals surface area (Å²) in [6.07, 6.45) is -1.61. The van der Waals surface area contributed by atoms with Crippen molar-refractivity contribution in [2.45, 2.75) is 58.0 Å². The Labute approximate surface area is 169 Å². The number of ether oxygens (including phenoxy) is 1. The van der Waals surface area contributed by atoms with Crippen molar-refractivity contribution in [3.8, 4) is 0 Å². The number of piperidine rings is 1. The molecular formula is C23H26F3NO2. The van der Waals surface area contributed by atoms with E-state index in [-0.39, 0.29) is 18.1 Å². The number of rotatable bonds is 5. The van der Waals surface area contributed by atoms with Crippen LogP contribution in [-0.4, -0.2) is 23.5 Å². The fourth-order valence-corrected chi connectivity index (χ4v) is 3.81. The number of alkyl halides is 3. The summed E-state index contributed by atoms with van der Waals surface area (Å²) in [4.78, 5) is 14.7. The van der Waals surface area contributed by atoms with Gasteiger partial charge in [0.2, 0.25) is 0 Å². The van der Waals surface area contributed by atoms with E-state index in [0.29, 0.717) is 12.1 Å². The molecule has 0 bridgehead atoms. The average molecular weight is 405 g/mol. The van der Waals surface area contributed by atoms with Crippen molar-refractivity contribution in [2.75, 3.05) is 6.54 Å². The van der Waals surface area contributed by atoms with Crippen LogP contribution in [0.25, 0.3) is 0 Å². The Morgan fingerprint density at radius 1 is 1.10 bits per heavy atom. The first kappa shape index (κ1) is 21.4. The van der Waals surface area contributed by atoms with Gasteiger partial charge in [0.15, 0.2) is 0 Å². The van der Waals surface area contributed by atoms with Gasteiger partial charge >= 0.3 is 12.1 Å². The van der Waals surface area contributed by atoms with Crippen molar-refractivity contribution >= 4 is 5.97 Å². The number of esters is 1. The van der Waals surface area contributed by atoms with E-state index in [1.54, 1.807) is 18.2 Å². The summed E-state index contributed by atoms with van der Waals surface area (Å²) >= 11 is 0. The maximum atomic E-state index is 12.9. The second-order valence-electron chi connectivity index (χ2n) is 7.71. The topological polar surface area (TPSA) is 29.5 Å². The molecule has 1 fully saturated rings. The predicted octanol–water partition coefficient (Wildman–Crippen LogP) is 6.00. The summed E-state index contributed by atoms with van der Waals surface area (Å²) in [7, 11) is 0. The summed E-state index contributed by atoms with van der Waals surface area (Å²) in [6, 6.07) is 12.8. The number of benzene rings is 2. The average Bonchev–Trinajstić information content (AvgIpc) is 2.68. The van der Waals surface area contributed by atoms with Crippen molar-refractivity contribution in [3.63, 3.8) is 0 Å². The molecule has 29 heavy (non-hydrogen) atoms. The van der Waals surface area contributed by atoms with Crippen LogP contribution in [0, 0.1) is 0 Å². The van der Waals surface area contributed by atoms with Gasteiger partial charge in [0.25, 0.3) is 0 Å². The molecule has 0 spiro atoms. The van der Waals surface area contributed by atoms with Crippen LogP contribution in [0.15, 0.2) is 48.5 Å². The fourth-order valence-electron chi connectivity index (χ4n) is 3.81.